The Labute approximate surface area is 331 Å². The molecule has 0 atom stereocenters. The lowest BCUT2D eigenvalue weighted by molar-refractivity contribution is -0.139. The molecule has 15 nitrogen and oxygen atoms in total. The predicted octanol–water partition coefficient (Wildman–Crippen LogP) is 3.76. The number of ether oxygens (including phenoxy) is 12. The molecule has 1 aliphatic rings. The van der Waals surface area contributed by atoms with Gasteiger partial charge in [0.15, 0.2) is 0 Å². The first-order valence-corrected chi connectivity index (χ1v) is 19.2. The Kier molecular flexibility index (Phi) is 26.5. The van der Waals surface area contributed by atoms with Crippen molar-refractivity contribution in [1.29, 1.82) is 0 Å². The van der Waals surface area contributed by atoms with Gasteiger partial charge in [-0.2, -0.15) is 0 Å². The second-order valence-electron chi connectivity index (χ2n) is 12.2. The van der Waals surface area contributed by atoms with Crippen molar-refractivity contribution in [2.24, 2.45) is 0 Å². The summed E-state index contributed by atoms with van der Waals surface area (Å²) in [6, 6.07) is 16.6. The maximum absolute atomic E-state index is 12.6. The SMILES string of the molecule is C=CC(=O)OCCOCCOCCOCCOCCOCCOCCOCCOCCOCCOCCN(C)C(=O)OCC1c2ccccc2-c2ccccc21. The van der Waals surface area contributed by atoms with Gasteiger partial charge >= 0.3 is 12.1 Å². The summed E-state index contributed by atoms with van der Waals surface area (Å²) in [7, 11) is 1.71. The van der Waals surface area contributed by atoms with Crippen LogP contribution in [0.4, 0.5) is 4.79 Å². The first-order valence-electron chi connectivity index (χ1n) is 19.2. The fourth-order valence-corrected chi connectivity index (χ4v) is 5.34. The summed E-state index contributed by atoms with van der Waals surface area (Å²) in [6.07, 6.45) is 0.743. The maximum Gasteiger partial charge on any atom is 0.409 e. The van der Waals surface area contributed by atoms with E-state index in [-0.39, 0.29) is 18.6 Å². The van der Waals surface area contributed by atoms with E-state index in [1.807, 2.05) is 24.3 Å². The van der Waals surface area contributed by atoms with Crippen molar-refractivity contribution in [1.82, 2.24) is 4.90 Å². The largest absolute Gasteiger partial charge is 0.460 e. The van der Waals surface area contributed by atoms with Gasteiger partial charge in [-0.05, 0) is 22.3 Å². The van der Waals surface area contributed by atoms with Crippen LogP contribution in [-0.2, 0) is 61.6 Å². The summed E-state index contributed by atoms with van der Waals surface area (Å²) < 4.78 is 65.2. The van der Waals surface area contributed by atoms with Crippen LogP contribution in [0.2, 0.25) is 0 Å². The Morgan fingerprint density at radius 1 is 0.500 bits per heavy atom. The van der Waals surface area contributed by atoms with Crippen LogP contribution in [-0.4, -0.2) is 176 Å². The zero-order valence-corrected chi connectivity index (χ0v) is 32.9. The maximum atomic E-state index is 12.6. The average molecular weight is 792 g/mol. The molecule has 1 aliphatic carbocycles. The van der Waals surface area contributed by atoms with Crippen LogP contribution in [0.15, 0.2) is 61.2 Å². The first-order chi connectivity index (χ1) is 27.6. The topological polar surface area (TPSA) is 148 Å². The third-order valence-corrected chi connectivity index (χ3v) is 8.21. The van der Waals surface area contributed by atoms with Gasteiger partial charge in [0.05, 0.1) is 132 Å². The van der Waals surface area contributed by atoms with Gasteiger partial charge < -0.3 is 61.7 Å². The van der Waals surface area contributed by atoms with Gasteiger partial charge in [-0.1, -0.05) is 55.1 Å². The lowest BCUT2D eigenvalue weighted by Crippen LogP contribution is -2.32. The number of hydrogen-bond acceptors (Lipinski definition) is 14. The van der Waals surface area contributed by atoms with Crippen molar-refractivity contribution < 1.29 is 66.4 Å². The van der Waals surface area contributed by atoms with Gasteiger partial charge in [-0.15, -0.1) is 0 Å². The van der Waals surface area contributed by atoms with Crippen molar-refractivity contribution >= 4 is 12.1 Å². The van der Waals surface area contributed by atoms with E-state index in [9.17, 15) is 9.59 Å². The molecule has 15 heteroatoms. The minimum atomic E-state index is -0.463. The van der Waals surface area contributed by atoms with Gasteiger partial charge in [0.1, 0.15) is 13.2 Å². The van der Waals surface area contributed by atoms with E-state index in [2.05, 4.69) is 30.8 Å². The average Bonchev–Trinajstić information content (AvgIpc) is 3.54. The molecule has 0 aliphatic heterocycles. The minimum absolute atomic E-state index is 0.0343. The highest BCUT2D eigenvalue weighted by Crippen LogP contribution is 2.44. The number of carbonyl (C=O) groups excluding carboxylic acids is 2. The molecule has 0 radical (unpaired) electrons. The molecule has 0 N–H and O–H groups in total. The fraction of sp³-hybridized carbons (Fsp3) is 0.610. The van der Waals surface area contributed by atoms with Crippen LogP contribution < -0.4 is 0 Å². The molecule has 0 saturated carbocycles. The quantitative estimate of drug-likeness (QED) is 0.0561. The zero-order chi connectivity index (χ0) is 39.7. The fourth-order valence-electron chi connectivity index (χ4n) is 5.34. The number of hydrogen-bond donors (Lipinski definition) is 0. The van der Waals surface area contributed by atoms with Crippen LogP contribution >= 0.6 is 0 Å². The summed E-state index contributed by atoms with van der Waals surface area (Å²) in [4.78, 5) is 25.0. The number of fused-ring (bicyclic) bond motifs is 3. The number of rotatable bonds is 36. The molecule has 56 heavy (non-hydrogen) atoms. The Balaban J connectivity index is 0.965. The Morgan fingerprint density at radius 3 is 1.18 bits per heavy atom. The third-order valence-electron chi connectivity index (χ3n) is 8.21. The van der Waals surface area contributed by atoms with Crippen LogP contribution in [0.1, 0.15) is 17.0 Å². The predicted molar refractivity (Wildman–Crippen MR) is 207 cm³/mol. The second-order valence-corrected chi connectivity index (χ2v) is 12.2. The number of amides is 1. The second kappa shape index (κ2) is 31.6. The van der Waals surface area contributed by atoms with Crippen LogP contribution in [0, 0.1) is 0 Å². The van der Waals surface area contributed by atoms with E-state index in [4.69, 9.17) is 56.8 Å². The molecule has 0 saturated heterocycles. The molecule has 0 fully saturated rings. The van der Waals surface area contributed by atoms with Gasteiger partial charge in [-0.25, -0.2) is 9.59 Å². The van der Waals surface area contributed by atoms with Crippen LogP contribution in [0.25, 0.3) is 11.1 Å². The van der Waals surface area contributed by atoms with Crippen molar-refractivity contribution in [3.8, 4) is 11.1 Å². The molecule has 3 rings (SSSR count). The molecule has 0 spiro atoms. The number of likely N-dealkylation sites (N-methyl/N-ethyl adjacent to an activating group) is 1. The minimum Gasteiger partial charge on any atom is -0.460 e. The van der Waals surface area contributed by atoms with E-state index in [0.29, 0.717) is 145 Å². The van der Waals surface area contributed by atoms with Crippen molar-refractivity contribution in [3.63, 3.8) is 0 Å². The Bertz CT molecular complexity index is 1290. The highest BCUT2D eigenvalue weighted by atomic mass is 16.6. The zero-order valence-electron chi connectivity index (χ0n) is 32.9. The van der Waals surface area contributed by atoms with E-state index >= 15 is 0 Å². The highest BCUT2D eigenvalue weighted by Gasteiger charge is 2.29. The number of nitrogens with zero attached hydrogens (tertiary/aromatic N) is 1. The lowest BCUT2D eigenvalue weighted by Gasteiger charge is -2.19. The first kappa shape index (κ1) is 46.9. The third kappa shape index (κ3) is 20.6. The van der Waals surface area contributed by atoms with Crippen molar-refractivity contribution in [2.75, 3.05) is 159 Å². The van der Waals surface area contributed by atoms with Crippen molar-refractivity contribution in [3.05, 3.63) is 72.3 Å². The monoisotopic (exact) mass is 791 g/mol. The number of benzene rings is 2. The molecule has 314 valence electrons. The normalized spacial score (nSPS) is 12.0. The highest BCUT2D eigenvalue weighted by molar-refractivity contribution is 5.81. The molecule has 0 heterocycles. The standard InChI is InChI=1S/C41H61NO14/c1-3-40(43)55-33-32-54-31-30-53-29-28-52-27-26-51-25-24-50-23-22-49-21-20-48-19-18-47-17-16-46-15-14-45-13-12-42(2)41(44)56-34-39-37-10-6-4-8-35(37)36-9-5-7-11-38(36)39/h3-11,39H,1,12-34H2,2H3. The summed E-state index contributed by atoms with van der Waals surface area (Å²) in [5.74, 6) is -0.429. The molecular formula is C41H61NO14. The van der Waals surface area contributed by atoms with Gasteiger partial charge in [0.25, 0.3) is 0 Å². The summed E-state index contributed by atoms with van der Waals surface area (Å²) in [5.41, 5.74) is 4.78. The Morgan fingerprint density at radius 2 is 0.821 bits per heavy atom. The van der Waals surface area contributed by atoms with Crippen molar-refractivity contribution in [2.45, 2.75) is 5.92 Å². The summed E-state index contributed by atoms with van der Waals surface area (Å²) >= 11 is 0. The molecule has 0 unspecified atom stereocenters. The molecule has 2 aromatic carbocycles. The lowest BCUT2D eigenvalue weighted by atomic mass is 9.98. The molecule has 0 bridgehead atoms. The van der Waals surface area contributed by atoms with Crippen LogP contribution in [0.3, 0.4) is 0 Å². The molecule has 2 aromatic rings. The molecule has 1 amide bonds. The van der Waals surface area contributed by atoms with E-state index < -0.39 is 5.97 Å². The van der Waals surface area contributed by atoms with Crippen LogP contribution in [0.5, 0.6) is 0 Å². The van der Waals surface area contributed by atoms with E-state index in [0.717, 1.165) is 6.08 Å². The van der Waals surface area contributed by atoms with Gasteiger partial charge in [-0.3, -0.25) is 0 Å². The smallest absolute Gasteiger partial charge is 0.409 e. The number of carbonyl (C=O) groups is 2. The van der Waals surface area contributed by atoms with Gasteiger partial charge in [0, 0.05) is 25.6 Å². The summed E-state index contributed by atoms with van der Waals surface area (Å²) in [6.45, 7) is 13.3. The van der Waals surface area contributed by atoms with E-state index in [1.54, 1.807) is 7.05 Å². The number of esters is 1. The van der Waals surface area contributed by atoms with E-state index in [1.165, 1.54) is 27.2 Å². The Hall–Kier alpha value is -3.48. The molecule has 0 aromatic heterocycles. The molecular weight excluding hydrogens is 730 g/mol. The van der Waals surface area contributed by atoms with Gasteiger partial charge in [0.2, 0.25) is 0 Å². The summed E-state index contributed by atoms with van der Waals surface area (Å²) in [5, 5.41) is 0.